The fraction of sp³-hybridized carbons (Fsp3) is 0.381. The average molecular weight is 337 g/mol. The largest absolute Gasteiger partial charge is 0.496 e. The molecular formula is C21H27N3O. The van der Waals surface area contributed by atoms with E-state index in [1.165, 1.54) is 17.5 Å². The van der Waals surface area contributed by atoms with Gasteiger partial charge in [-0.15, -0.1) is 0 Å². The molecule has 0 spiro atoms. The molecule has 0 aromatic heterocycles. The Labute approximate surface area is 150 Å². The molecule has 0 aliphatic carbocycles. The number of ether oxygens (including phenoxy) is 1. The van der Waals surface area contributed by atoms with Gasteiger partial charge in [-0.2, -0.15) is 0 Å². The van der Waals surface area contributed by atoms with E-state index in [-0.39, 0.29) is 0 Å². The van der Waals surface area contributed by atoms with Crippen LogP contribution in [0.4, 0.5) is 0 Å². The maximum absolute atomic E-state index is 5.42. The topological polar surface area (TPSA) is 36.9 Å². The molecule has 25 heavy (non-hydrogen) atoms. The summed E-state index contributed by atoms with van der Waals surface area (Å²) in [4.78, 5) is 6.83. The van der Waals surface area contributed by atoms with E-state index in [4.69, 9.17) is 4.74 Å². The third-order valence-corrected chi connectivity index (χ3v) is 4.84. The number of nitrogens with zero attached hydrogens (tertiary/aromatic N) is 2. The molecule has 2 aromatic rings. The lowest BCUT2D eigenvalue weighted by atomic mass is 9.99. The van der Waals surface area contributed by atoms with Gasteiger partial charge < -0.3 is 15.0 Å². The minimum Gasteiger partial charge on any atom is -0.496 e. The predicted molar refractivity (Wildman–Crippen MR) is 103 cm³/mol. The summed E-state index contributed by atoms with van der Waals surface area (Å²) >= 11 is 0. The van der Waals surface area contributed by atoms with E-state index in [0.29, 0.717) is 5.92 Å². The summed E-state index contributed by atoms with van der Waals surface area (Å²) in [5.41, 5.74) is 2.64. The van der Waals surface area contributed by atoms with Crippen LogP contribution in [0, 0.1) is 0 Å². The van der Waals surface area contributed by atoms with Crippen molar-refractivity contribution < 1.29 is 4.74 Å². The van der Waals surface area contributed by atoms with Gasteiger partial charge in [0.2, 0.25) is 0 Å². The second-order valence-electron chi connectivity index (χ2n) is 6.38. The molecule has 0 saturated carbocycles. The van der Waals surface area contributed by atoms with Gasteiger partial charge in [-0.3, -0.25) is 4.99 Å². The van der Waals surface area contributed by atoms with Gasteiger partial charge in [0.15, 0.2) is 5.96 Å². The average Bonchev–Trinajstić information content (AvgIpc) is 3.16. The maximum atomic E-state index is 5.42. The van der Waals surface area contributed by atoms with E-state index in [9.17, 15) is 0 Å². The molecule has 1 fully saturated rings. The van der Waals surface area contributed by atoms with Gasteiger partial charge in [-0.05, 0) is 30.0 Å². The standard InChI is InChI=1S/C21H27N3O/c1-22-21(23-14-12-18-10-6-7-11-20(18)25-2)24-15-13-19(16-24)17-8-4-3-5-9-17/h3-11,19H,12-16H2,1-2H3,(H,22,23). The summed E-state index contributed by atoms with van der Waals surface area (Å²) < 4.78 is 5.42. The maximum Gasteiger partial charge on any atom is 0.193 e. The number of hydrogen-bond donors (Lipinski definition) is 1. The van der Waals surface area contributed by atoms with Crippen LogP contribution in [0.1, 0.15) is 23.5 Å². The molecule has 4 heteroatoms. The van der Waals surface area contributed by atoms with Gasteiger partial charge in [0.05, 0.1) is 7.11 Å². The van der Waals surface area contributed by atoms with Crippen LogP contribution in [0.2, 0.25) is 0 Å². The van der Waals surface area contributed by atoms with E-state index < -0.39 is 0 Å². The molecule has 0 amide bonds. The van der Waals surface area contributed by atoms with Gasteiger partial charge in [0, 0.05) is 32.6 Å². The van der Waals surface area contributed by atoms with Crippen LogP contribution in [-0.4, -0.2) is 44.7 Å². The Morgan fingerprint density at radius 3 is 2.68 bits per heavy atom. The number of benzene rings is 2. The molecular weight excluding hydrogens is 310 g/mol. The zero-order valence-corrected chi connectivity index (χ0v) is 15.1. The number of hydrogen-bond acceptors (Lipinski definition) is 2. The minimum atomic E-state index is 0.592. The molecule has 1 N–H and O–H groups in total. The van der Waals surface area contributed by atoms with E-state index >= 15 is 0 Å². The first-order valence-electron chi connectivity index (χ1n) is 8.94. The highest BCUT2D eigenvalue weighted by Gasteiger charge is 2.25. The van der Waals surface area contributed by atoms with Crippen molar-refractivity contribution in [1.29, 1.82) is 0 Å². The third kappa shape index (κ3) is 4.32. The highest BCUT2D eigenvalue weighted by atomic mass is 16.5. The van der Waals surface area contributed by atoms with Crippen molar-refractivity contribution >= 4 is 5.96 Å². The van der Waals surface area contributed by atoms with Crippen LogP contribution in [0.25, 0.3) is 0 Å². The molecule has 4 nitrogen and oxygen atoms in total. The van der Waals surface area contributed by atoms with Crippen LogP contribution >= 0.6 is 0 Å². The smallest absolute Gasteiger partial charge is 0.193 e. The quantitative estimate of drug-likeness (QED) is 0.672. The normalized spacial score (nSPS) is 17.6. The summed E-state index contributed by atoms with van der Waals surface area (Å²) in [5, 5.41) is 3.50. The number of aliphatic imine (C=N–C) groups is 1. The Morgan fingerprint density at radius 2 is 1.92 bits per heavy atom. The van der Waals surface area contributed by atoms with Gasteiger partial charge in [-0.1, -0.05) is 48.5 Å². The fourth-order valence-electron chi connectivity index (χ4n) is 3.50. The Kier molecular flexibility index (Phi) is 5.94. The summed E-state index contributed by atoms with van der Waals surface area (Å²) in [7, 11) is 3.58. The third-order valence-electron chi connectivity index (χ3n) is 4.84. The van der Waals surface area contributed by atoms with Gasteiger partial charge in [-0.25, -0.2) is 0 Å². The molecule has 0 bridgehead atoms. The molecule has 3 rings (SSSR count). The highest BCUT2D eigenvalue weighted by molar-refractivity contribution is 5.80. The molecule has 1 aliphatic rings. The predicted octanol–water partition coefficient (Wildman–Crippen LogP) is 3.30. The molecule has 1 saturated heterocycles. The van der Waals surface area contributed by atoms with Crippen molar-refractivity contribution in [2.24, 2.45) is 4.99 Å². The Balaban J connectivity index is 1.53. The molecule has 1 unspecified atom stereocenters. The zero-order chi connectivity index (χ0) is 17.5. The van der Waals surface area contributed by atoms with Gasteiger partial charge in [0.1, 0.15) is 5.75 Å². The van der Waals surface area contributed by atoms with Crippen LogP contribution in [-0.2, 0) is 6.42 Å². The summed E-state index contributed by atoms with van der Waals surface area (Å²) in [5.74, 6) is 2.53. The lowest BCUT2D eigenvalue weighted by Gasteiger charge is -2.22. The van der Waals surface area contributed by atoms with Gasteiger partial charge in [0.25, 0.3) is 0 Å². The summed E-state index contributed by atoms with van der Waals surface area (Å²) in [6.45, 7) is 2.92. The second kappa shape index (κ2) is 8.56. The zero-order valence-electron chi connectivity index (χ0n) is 15.1. The molecule has 0 radical (unpaired) electrons. The summed E-state index contributed by atoms with van der Waals surface area (Å²) in [6, 6.07) is 19.0. The number of para-hydroxylation sites is 1. The fourth-order valence-corrected chi connectivity index (χ4v) is 3.50. The Hall–Kier alpha value is -2.49. The second-order valence-corrected chi connectivity index (χ2v) is 6.38. The van der Waals surface area contributed by atoms with E-state index in [0.717, 1.165) is 37.8 Å². The van der Waals surface area contributed by atoms with Crippen molar-refractivity contribution in [1.82, 2.24) is 10.2 Å². The van der Waals surface area contributed by atoms with Crippen molar-refractivity contribution in [2.45, 2.75) is 18.8 Å². The van der Waals surface area contributed by atoms with Crippen molar-refractivity contribution in [2.75, 3.05) is 33.8 Å². The van der Waals surface area contributed by atoms with Crippen LogP contribution < -0.4 is 10.1 Å². The lowest BCUT2D eigenvalue weighted by molar-refractivity contribution is 0.409. The SMILES string of the molecule is CN=C(NCCc1ccccc1OC)N1CCC(c2ccccc2)C1. The monoisotopic (exact) mass is 337 g/mol. The summed E-state index contributed by atoms with van der Waals surface area (Å²) in [6.07, 6.45) is 2.09. The van der Waals surface area contributed by atoms with Crippen LogP contribution in [0.3, 0.4) is 0 Å². The number of methoxy groups -OCH3 is 1. The number of guanidine groups is 1. The number of rotatable bonds is 5. The molecule has 1 aliphatic heterocycles. The minimum absolute atomic E-state index is 0.592. The van der Waals surface area contributed by atoms with Gasteiger partial charge >= 0.3 is 0 Å². The first-order chi connectivity index (χ1) is 12.3. The van der Waals surface area contributed by atoms with Crippen molar-refractivity contribution in [3.63, 3.8) is 0 Å². The first-order valence-corrected chi connectivity index (χ1v) is 8.94. The van der Waals surface area contributed by atoms with Crippen molar-refractivity contribution in [3.8, 4) is 5.75 Å². The van der Waals surface area contributed by atoms with E-state index in [2.05, 4.69) is 57.7 Å². The lowest BCUT2D eigenvalue weighted by Crippen LogP contribution is -2.40. The first kappa shape index (κ1) is 17.3. The molecule has 132 valence electrons. The number of nitrogens with one attached hydrogen (secondary N) is 1. The number of likely N-dealkylation sites (tertiary alicyclic amines) is 1. The molecule has 1 atom stereocenters. The van der Waals surface area contributed by atoms with Crippen LogP contribution in [0.15, 0.2) is 59.6 Å². The van der Waals surface area contributed by atoms with E-state index in [1.807, 2.05) is 19.2 Å². The van der Waals surface area contributed by atoms with E-state index in [1.54, 1.807) is 7.11 Å². The highest BCUT2D eigenvalue weighted by Crippen LogP contribution is 2.26. The molecule has 2 aromatic carbocycles. The Bertz CT molecular complexity index is 699. The van der Waals surface area contributed by atoms with Crippen LogP contribution in [0.5, 0.6) is 5.75 Å². The molecule has 1 heterocycles. The Morgan fingerprint density at radius 1 is 1.16 bits per heavy atom. The van der Waals surface area contributed by atoms with Crippen molar-refractivity contribution in [3.05, 3.63) is 65.7 Å².